The molecular formula is C17H23NO3. The normalized spacial score (nSPS) is 17.3. The van der Waals surface area contributed by atoms with E-state index in [0.717, 1.165) is 12.8 Å². The lowest BCUT2D eigenvalue weighted by Crippen LogP contribution is -2.20. The van der Waals surface area contributed by atoms with E-state index in [0.29, 0.717) is 17.1 Å². The highest BCUT2D eigenvalue weighted by atomic mass is 16.5. The Morgan fingerprint density at radius 3 is 2.52 bits per heavy atom. The second kappa shape index (κ2) is 6.36. The second-order valence-corrected chi connectivity index (χ2v) is 6.17. The molecule has 1 atom stereocenters. The van der Waals surface area contributed by atoms with E-state index in [1.165, 1.54) is 12.8 Å². The van der Waals surface area contributed by atoms with Crippen molar-refractivity contribution < 1.29 is 14.6 Å². The summed E-state index contributed by atoms with van der Waals surface area (Å²) in [5.74, 6) is 1.31. The van der Waals surface area contributed by atoms with Crippen molar-refractivity contribution in [2.45, 2.75) is 51.7 Å². The average Bonchev–Trinajstić information content (AvgIpc) is 2.99. The fourth-order valence-electron chi connectivity index (χ4n) is 2.62. The molecule has 114 valence electrons. The van der Waals surface area contributed by atoms with E-state index in [9.17, 15) is 5.11 Å². The standard InChI is InChI=1S/C17H23NO3/c1-17(2,11-18)16(19)12-8-9-14(20-3)15(10-12)21-13-6-4-5-7-13/h8-10,13,16,19H,4-7H2,1-3H3. The van der Waals surface area contributed by atoms with Gasteiger partial charge in [0.05, 0.1) is 30.8 Å². The molecule has 1 aliphatic rings. The van der Waals surface area contributed by atoms with Crippen LogP contribution in [-0.4, -0.2) is 18.3 Å². The summed E-state index contributed by atoms with van der Waals surface area (Å²) in [5, 5.41) is 19.5. The maximum absolute atomic E-state index is 10.4. The predicted octanol–water partition coefficient (Wildman–Crippen LogP) is 3.60. The Bertz CT molecular complexity index is 527. The first-order valence-electron chi connectivity index (χ1n) is 7.42. The van der Waals surface area contributed by atoms with Crippen LogP contribution in [0.25, 0.3) is 0 Å². The molecule has 0 bridgehead atoms. The monoisotopic (exact) mass is 289 g/mol. The van der Waals surface area contributed by atoms with Crippen molar-refractivity contribution in [3.8, 4) is 17.6 Å². The van der Waals surface area contributed by atoms with E-state index >= 15 is 0 Å². The molecular weight excluding hydrogens is 266 g/mol. The molecule has 21 heavy (non-hydrogen) atoms. The summed E-state index contributed by atoms with van der Waals surface area (Å²) in [6.45, 7) is 3.44. The summed E-state index contributed by atoms with van der Waals surface area (Å²) in [4.78, 5) is 0. The van der Waals surface area contributed by atoms with E-state index in [-0.39, 0.29) is 6.10 Å². The van der Waals surface area contributed by atoms with Crippen LogP contribution in [0.3, 0.4) is 0 Å². The fraction of sp³-hybridized carbons (Fsp3) is 0.588. The molecule has 0 aromatic heterocycles. The van der Waals surface area contributed by atoms with Crippen molar-refractivity contribution in [3.63, 3.8) is 0 Å². The van der Waals surface area contributed by atoms with Gasteiger partial charge in [0.25, 0.3) is 0 Å². The van der Waals surface area contributed by atoms with Gasteiger partial charge in [-0.05, 0) is 57.2 Å². The van der Waals surface area contributed by atoms with Crippen molar-refractivity contribution in [1.29, 1.82) is 5.26 Å². The minimum atomic E-state index is -0.862. The number of nitriles is 1. The average molecular weight is 289 g/mol. The van der Waals surface area contributed by atoms with Gasteiger partial charge in [0, 0.05) is 0 Å². The molecule has 4 heteroatoms. The number of benzene rings is 1. The fourth-order valence-corrected chi connectivity index (χ4v) is 2.62. The summed E-state index contributed by atoms with van der Waals surface area (Å²) in [6.07, 6.45) is 3.85. The molecule has 1 N–H and O–H groups in total. The van der Waals surface area contributed by atoms with Crippen molar-refractivity contribution in [1.82, 2.24) is 0 Å². The number of rotatable bonds is 5. The molecule has 0 spiro atoms. The lowest BCUT2D eigenvalue weighted by molar-refractivity contribution is 0.0861. The topological polar surface area (TPSA) is 62.5 Å². The lowest BCUT2D eigenvalue weighted by Gasteiger charge is -2.24. The number of ether oxygens (including phenoxy) is 2. The molecule has 1 aromatic rings. The molecule has 1 fully saturated rings. The van der Waals surface area contributed by atoms with Crippen LogP contribution in [0.5, 0.6) is 11.5 Å². The molecule has 0 saturated heterocycles. The summed E-state index contributed by atoms with van der Waals surface area (Å²) < 4.78 is 11.3. The van der Waals surface area contributed by atoms with Crippen LogP contribution in [0.2, 0.25) is 0 Å². The third kappa shape index (κ3) is 3.48. The highest BCUT2D eigenvalue weighted by Crippen LogP contribution is 2.38. The van der Waals surface area contributed by atoms with Crippen LogP contribution in [0.15, 0.2) is 18.2 Å². The zero-order valence-electron chi connectivity index (χ0n) is 12.9. The molecule has 1 unspecified atom stereocenters. The maximum atomic E-state index is 10.4. The van der Waals surface area contributed by atoms with E-state index in [1.54, 1.807) is 39.2 Å². The lowest BCUT2D eigenvalue weighted by atomic mass is 9.84. The smallest absolute Gasteiger partial charge is 0.161 e. The van der Waals surface area contributed by atoms with Gasteiger partial charge >= 0.3 is 0 Å². The Hall–Kier alpha value is -1.73. The second-order valence-electron chi connectivity index (χ2n) is 6.17. The van der Waals surface area contributed by atoms with Gasteiger partial charge < -0.3 is 14.6 Å². The van der Waals surface area contributed by atoms with Crippen LogP contribution in [0.4, 0.5) is 0 Å². The van der Waals surface area contributed by atoms with Crippen LogP contribution in [0.1, 0.15) is 51.2 Å². The first kappa shape index (κ1) is 15.7. The quantitative estimate of drug-likeness (QED) is 0.899. The van der Waals surface area contributed by atoms with Gasteiger partial charge in [0.1, 0.15) is 0 Å². The first-order valence-corrected chi connectivity index (χ1v) is 7.42. The number of aliphatic hydroxyl groups is 1. The van der Waals surface area contributed by atoms with Crippen LogP contribution in [-0.2, 0) is 0 Å². The predicted molar refractivity (Wildman–Crippen MR) is 80.2 cm³/mol. The van der Waals surface area contributed by atoms with Gasteiger partial charge in [0.2, 0.25) is 0 Å². The third-order valence-corrected chi connectivity index (χ3v) is 4.07. The molecule has 1 saturated carbocycles. The minimum absolute atomic E-state index is 0.218. The van der Waals surface area contributed by atoms with Crippen molar-refractivity contribution in [2.75, 3.05) is 7.11 Å². The highest BCUT2D eigenvalue weighted by molar-refractivity contribution is 5.44. The zero-order chi connectivity index (χ0) is 15.5. The molecule has 0 heterocycles. The highest BCUT2D eigenvalue weighted by Gasteiger charge is 2.30. The molecule has 0 aliphatic heterocycles. The largest absolute Gasteiger partial charge is 0.493 e. The summed E-state index contributed by atoms with van der Waals surface area (Å²) in [5.41, 5.74) is -0.172. The molecule has 4 nitrogen and oxygen atoms in total. The summed E-state index contributed by atoms with van der Waals surface area (Å²) in [6, 6.07) is 7.50. The van der Waals surface area contributed by atoms with Gasteiger partial charge in [0.15, 0.2) is 11.5 Å². The van der Waals surface area contributed by atoms with E-state index < -0.39 is 11.5 Å². The molecule has 2 rings (SSSR count). The Morgan fingerprint density at radius 1 is 1.29 bits per heavy atom. The van der Waals surface area contributed by atoms with E-state index in [1.807, 2.05) is 0 Å². The molecule has 0 amide bonds. The van der Waals surface area contributed by atoms with Crippen molar-refractivity contribution >= 4 is 0 Å². The van der Waals surface area contributed by atoms with E-state index in [2.05, 4.69) is 6.07 Å². The summed E-state index contributed by atoms with van der Waals surface area (Å²) >= 11 is 0. The number of hydrogen-bond donors (Lipinski definition) is 1. The van der Waals surface area contributed by atoms with Gasteiger partial charge in [-0.1, -0.05) is 6.07 Å². The molecule has 1 aromatic carbocycles. The number of hydrogen-bond acceptors (Lipinski definition) is 4. The number of methoxy groups -OCH3 is 1. The minimum Gasteiger partial charge on any atom is -0.493 e. The van der Waals surface area contributed by atoms with Gasteiger partial charge in [-0.25, -0.2) is 0 Å². The van der Waals surface area contributed by atoms with Crippen LogP contribution < -0.4 is 9.47 Å². The van der Waals surface area contributed by atoms with E-state index in [4.69, 9.17) is 14.7 Å². The summed E-state index contributed by atoms with van der Waals surface area (Å²) in [7, 11) is 1.60. The Labute approximate surface area is 126 Å². The zero-order valence-corrected chi connectivity index (χ0v) is 12.9. The first-order chi connectivity index (χ1) is 9.97. The Kier molecular flexibility index (Phi) is 4.74. The van der Waals surface area contributed by atoms with Crippen LogP contribution in [0, 0.1) is 16.7 Å². The number of aliphatic hydroxyl groups excluding tert-OH is 1. The molecule has 0 radical (unpaired) electrons. The van der Waals surface area contributed by atoms with Crippen molar-refractivity contribution in [3.05, 3.63) is 23.8 Å². The Balaban J connectivity index is 2.26. The molecule has 1 aliphatic carbocycles. The van der Waals surface area contributed by atoms with Gasteiger partial charge in [-0.3, -0.25) is 0 Å². The Morgan fingerprint density at radius 2 is 1.95 bits per heavy atom. The van der Waals surface area contributed by atoms with Crippen LogP contribution >= 0.6 is 0 Å². The van der Waals surface area contributed by atoms with Crippen molar-refractivity contribution in [2.24, 2.45) is 5.41 Å². The SMILES string of the molecule is COc1ccc(C(O)C(C)(C)C#N)cc1OC1CCCC1. The maximum Gasteiger partial charge on any atom is 0.161 e. The van der Waals surface area contributed by atoms with Gasteiger partial charge in [-0.15, -0.1) is 0 Å². The third-order valence-electron chi connectivity index (χ3n) is 4.07. The number of nitrogens with zero attached hydrogens (tertiary/aromatic N) is 1. The van der Waals surface area contributed by atoms with Gasteiger partial charge in [-0.2, -0.15) is 5.26 Å².